The number of carbonyl (C=O) groups excluding carboxylic acids is 1. The number of carboxylic acid groups (broad SMARTS) is 1. The van der Waals surface area contributed by atoms with Crippen LogP contribution in [0, 0.1) is 0 Å². The Hall–Kier alpha value is -5.22. The Labute approximate surface area is 249 Å². The number of allylic oxidation sites excluding steroid dienone is 1. The van der Waals surface area contributed by atoms with E-state index >= 15 is 0 Å². The van der Waals surface area contributed by atoms with Crippen LogP contribution in [0.2, 0.25) is 0 Å². The number of ether oxygens (including phenoxy) is 2. The quantitative estimate of drug-likeness (QED) is 0.266. The van der Waals surface area contributed by atoms with Crippen LogP contribution >= 0.6 is 11.3 Å². The van der Waals surface area contributed by atoms with Crippen molar-refractivity contribution in [1.82, 2.24) is 4.57 Å². The molecule has 3 aromatic carbocycles. The van der Waals surface area contributed by atoms with Gasteiger partial charge in [-0.3, -0.25) is 9.36 Å². The van der Waals surface area contributed by atoms with Gasteiger partial charge in [-0.25, -0.2) is 14.6 Å². The fourth-order valence-electron chi connectivity index (χ4n) is 5.39. The van der Waals surface area contributed by atoms with Crippen LogP contribution in [0.3, 0.4) is 0 Å². The molecule has 3 heterocycles. The average molecular weight is 595 g/mol. The fourth-order valence-corrected chi connectivity index (χ4v) is 6.42. The van der Waals surface area contributed by atoms with Crippen molar-refractivity contribution < 1.29 is 28.6 Å². The Balaban J connectivity index is 1.56. The lowest BCUT2D eigenvalue weighted by Gasteiger charge is -2.27. The predicted molar refractivity (Wildman–Crippen MR) is 162 cm³/mol. The molecular formula is C33H26N2O7S. The van der Waals surface area contributed by atoms with Crippen LogP contribution < -0.4 is 19.6 Å². The topological polar surface area (TPSA) is 120 Å². The highest BCUT2D eigenvalue weighted by atomic mass is 32.1. The molecule has 0 bridgehead atoms. The number of aromatic carboxylic acids is 1. The van der Waals surface area contributed by atoms with Gasteiger partial charge in [0, 0.05) is 17.2 Å². The van der Waals surface area contributed by atoms with Gasteiger partial charge in [-0.2, -0.15) is 0 Å². The molecule has 0 aliphatic carbocycles. The second kappa shape index (κ2) is 11.2. The van der Waals surface area contributed by atoms with E-state index in [1.54, 1.807) is 57.4 Å². The second-order valence-electron chi connectivity index (χ2n) is 9.76. The summed E-state index contributed by atoms with van der Waals surface area (Å²) in [6.45, 7) is 3.61. The first-order valence-corrected chi connectivity index (χ1v) is 14.3. The zero-order valence-electron chi connectivity index (χ0n) is 23.5. The maximum Gasteiger partial charge on any atom is 0.338 e. The molecule has 0 amide bonds. The molecule has 0 fully saturated rings. The van der Waals surface area contributed by atoms with Crippen LogP contribution in [0.25, 0.3) is 28.2 Å². The first-order valence-electron chi connectivity index (χ1n) is 13.5. The summed E-state index contributed by atoms with van der Waals surface area (Å²) < 4.78 is 19.0. The van der Waals surface area contributed by atoms with E-state index in [1.165, 1.54) is 22.0 Å². The molecule has 216 valence electrons. The van der Waals surface area contributed by atoms with Gasteiger partial charge in [-0.05, 0) is 48.9 Å². The van der Waals surface area contributed by atoms with E-state index < -0.39 is 18.0 Å². The van der Waals surface area contributed by atoms with Crippen molar-refractivity contribution in [1.29, 1.82) is 0 Å². The molecule has 5 aromatic rings. The lowest BCUT2D eigenvalue weighted by atomic mass is 9.90. The first-order chi connectivity index (χ1) is 20.8. The number of furan rings is 1. The van der Waals surface area contributed by atoms with Crippen molar-refractivity contribution in [3.8, 4) is 17.1 Å². The molecule has 0 spiro atoms. The average Bonchev–Trinajstić information content (AvgIpc) is 3.59. The van der Waals surface area contributed by atoms with Crippen LogP contribution in [0.1, 0.15) is 41.6 Å². The molecular weight excluding hydrogens is 568 g/mol. The molecule has 0 unspecified atom stereocenters. The zero-order chi connectivity index (χ0) is 30.2. The van der Waals surface area contributed by atoms with E-state index in [1.807, 2.05) is 36.4 Å². The van der Waals surface area contributed by atoms with E-state index in [9.17, 15) is 19.5 Å². The smallest absolute Gasteiger partial charge is 0.338 e. The van der Waals surface area contributed by atoms with Gasteiger partial charge in [-0.1, -0.05) is 59.9 Å². The van der Waals surface area contributed by atoms with Crippen molar-refractivity contribution in [3.05, 3.63) is 121 Å². The number of hydrogen-bond acceptors (Lipinski definition) is 8. The van der Waals surface area contributed by atoms with Gasteiger partial charge in [0.05, 0.1) is 35.1 Å². The van der Waals surface area contributed by atoms with E-state index in [0.717, 1.165) is 10.8 Å². The molecule has 1 aliphatic rings. The maximum atomic E-state index is 14.1. The number of esters is 1. The Kier molecular flexibility index (Phi) is 7.29. The number of aromatic nitrogens is 1. The molecule has 6 rings (SSSR count). The van der Waals surface area contributed by atoms with Crippen LogP contribution in [0.15, 0.2) is 98.3 Å². The Morgan fingerprint density at radius 1 is 1.07 bits per heavy atom. The SMILES string of the molecule is CCOC(=O)C1=C(C)N=c2s/c(=C\c3ccc(-c4ccccc4C(=O)O)o3)c(=O)n2[C@H]1c1c(OC)ccc2ccccc12. The summed E-state index contributed by atoms with van der Waals surface area (Å²) in [5.41, 5.74) is 1.50. The molecule has 10 heteroatoms. The van der Waals surface area contributed by atoms with Gasteiger partial charge in [0.2, 0.25) is 0 Å². The predicted octanol–water partition coefficient (Wildman–Crippen LogP) is 4.92. The van der Waals surface area contributed by atoms with E-state index in [2.05, 4.69) is 4.99 Å². The Morgan fingerprint density at radius 3 is 2.60 bits per heavy atom. The summed E-state index contributed by atoms with van der Waals surface area (Å²) in [5, 5.41) is 11.3. The van der Waals surface area contributed by atoms with Gasteiger partial charge < -0.3 is 19.0 Å². The van der Waals surface area contributed by atoms with Crippen LogP contribution in [0.4, 0.5) is 0 Å². The van der Waals surface area contributed by atoms with Crippen LogP contribution in [0.5, 0.6) is 5.75 Å². The molecule has 0 saturated carbocycles. The lowest BCUT2D eigenvalue weighted by Crippen LogP contribution is -2.40. The fraction of sp³-hybridized carbons (Fsp3) is 0.152. The highest BCUT2D eigenvalue weighted by Gasteiger charge is 2.36. The highest BCUT2D eigenvalue weighted by molar-refractivity contribution is 7.07. The standard InChI is InChI=1S/C33H26N2O7S/c1-4-41-32(39)27-18(2)34-33-35(29(27)28-21-10-6-5-9-19(21)13-15-25(28)40-3)30(36)26(43-33)17-20-14-16-24(42-20)22-11-7-8-12-23(22)31(37)38/h5-17,29H,4H2,1-3H3,(H,37,38)/b26-17-/t29-/m1/s1. The number of benzene rings is 3. The molecule has 43 heavy (non-hydrogen) atoms. The number of hydrogen-bond donors (Lipinski definition) is 1. The molecule has 1 N–H and O–H groups in total. The van der Waals surface area contributed by atoms with E-state index in [4.69, 9.17) is 13.9 Å². The maximum absolute atomic E-state index is 14.1. The Bertz CT molecular complexity index is 2130. The first kappa shape index (κ1) is 27.9. The molecule has 0 saturated heterocycles. The number of nitrogens with zero attached hydrogens (tertiary/aromatic N) is 2. The van der Waals surface area contributed by atoms with E-state index in [0.29, 0.717) is 43.4 Å². The van der Waals surface area contributed by atoms with Crippen LogP contribution in [-0.4, -0.2) is 35.3 Å². The monoisotopic (exact) mass is 594 g/mol. The van der Waals surface area contributed by atoms with Crippen LogP contribution in [-0.2, 0) is 9.53 Å². The largest absolute Gasteiger partial charge is 0.496 e. The minimum absolute atomic E-state index is 0.105. The van der Waals surface area contributed by atoms with Gasteiger partial charge in [0.15, 0.2) is 4.80 Å². The summed E-state index contributed by atoms with van der Waals surface area (Å²) in [4.78, 5) is 44.3. The van der Waals surface area contributed by atoms with E-state index in [-0.39, 0.29) is 23.3 Å². The summed E-state index contributed by atoms with van der Waals surface area (Å²) >= 11 is 1.17. The Morgan fingerprint density at radius 2 is 1.84 bits per heavy atom. The normalized spacial score (nSPS) is 14.9. The number of carboxylic acids is 1. The highest BCUT2D eigenvalue weighted by Crippen LogP contribution is 2.40. The summed E-state index contributed by atoms with van der Waals surface area (Å²) in [7, 11) is 1.55. The van der Waals surface area contributed by atoms with Gasteiger partial charge >= 0.3 is 11.9 Å². The third-order valence-electron chi connectivity index (χ3n) is 7.26. The number of thiazole rings is 1. The third-order valence-corrected chi connectivity index (χ3v) is 8.25. The second-order valence-corrected chi connectivity index (χ2v) is 10.8. The number of rotatable bonds is 7. The van der Waals surface area contributed by atoms with Crippen molar-refractivity contribution in [2.45, 2.75) is 19.9 Å². The van der Waals surface area contributed by atoms with Gasteiger partial charge in [0.1, 0.15) is 23.3 Å². The van der Waals surface area contributed by atoms with Gasteiger partial charge in [0.25, 0.3) is 5.56 Å². The molecule has 2 aromatic heterocycles. The molecule has 1 atom stereocenters. The zero-order valence-corrected chi connectivity index (χ0v) is 24.3. The number of carbonyl (C=O) groups is 2. The summed E-state index contributed by atoms with van der Waals surface area (Å²) in [6.07, 6.45) is 1.59. The minimum atomic E-state index is -1.07. The van der Waals surface area contributed by atoms with Gasteiger partial charge in [-0.15, -0.1) is 0 Å². The molecule has 9 nitrogen and oxygen atoms in total. The number of methoxy groups -OCH3 is 1. The minimum Gasteiger partial charge on any atom is -0.496 e. The summed E-state index contributed by atoms with van der Waals surface area (Å²) in [5.74, 6) is -0.399. The summed E-state index contributed by atoms with van der Waals surface area (Å²) in [6, 6.07) is 20.5. The van der Waals surface area contributed by atoms with Crippen molar-refractivity contribution >= 4 is 40.1 Å². The molecule has 0 radical (unpaired) electrons. The third kappa shape index (κ3) is 4.85. The van der Waals surface area contributed by atoms with Crippen molar-refractivity contribution in [3.63, 3.8) is 0 Å². The number of fused-ring (bicyclic) bond motifs is 2. The van der Waals surface area contributed by atoms with Crippen molar-refractivity contribution in [2.75, 3.05) is 13.7 Å². The molecule has 1 aliphatic heterocycles. The lowest BCUT2D eigenvalue weighted by molar-refractivity contribution is -0.139. The van der Waals surface area contributed by atoms with Crippen molar-refractivity contribution in [2.24, 2.45) is 4.99 Å².